The number of halogens is 1. The molecular formula is C20H27FN2O6S2. The van der Waals surface area contributed by atoms with Crippen LogP contribution in [0.5, 0.6) is 0 Å². The fourth-order valence-electron chi connectivity index (χ4n) is 3.61. The normalized spacial score (nSPS) is 26.5. The summed E-state index contributed by atoms with van der Waals surface area (Å²) in [5.74, 6) is -0.0449. The van der Waals surface area contributed by atoms with E-state index in [1.54, 1.807) is 39.0 Å². The maximum Gasteiger partial charge on any atom is 0.413 e. The maximum absolute atomic E-state index is 14.8. The predicted molar refractivity (Wildman–Crippen MR) is 116 cm³/mol. The van der Waals surface area contributed by atoms with Crippen LogP contribution in [0.3, 0.4) is 0 Å². The monoisotopic (exact) mass is 474 g/mol. The van der Waals surface area contributed by atoms with E-state index in [0.717, 1.165) is 6.26 Å². The van der Waals surface area contributed by atoms with Gasteiger partial charge in [0.05, 0.1) is 25.6 Å². The standard InChI is InChI=1S/C20H27FN2O6S2/c1-19(2,3)29-18(24)22-17-23-20(15-7-5-6-8-16(15)21)12-27-14(9-13(20)11-30-17)10-28-31(4,25)26/h5-8,13-14H,9-12H2,1-4H3,(H,22,23,24). The van der Waals surface area contributed by atoms with Gasteiger partial charge in [0.2, 0.25) is 0 Å². The Bertz CT molecular complexity index is 963. The number of aliphatic imine (C=N–C) groups is 1. The molecule has 1 amide bonds. The molecule has 2 aliphatic rings. The van der Waals surface area contributed by atoms with Gasteiger partial charge in [-0.2, -0.15) is 8.42 Å². The number of alkyl carbamates (subject to hydrolysis) is 1. The molecule has 31 heavy (non-hydrogen) atoms. The number of hydrogen-bond donors (Lipinski definition) is 1. The first-order valence-electron chi connectivity index (χ1n) is 9.82. The minimum atomic E-state index is -3.60. The number of nitrogens with zero attached hydrogens (tertiary/aromatic N) is 1. The van der Waals surface area contributed by atoms with Gasteiger partial charge in [-0.25, -0.2) is 14.2 Å². The lowest BCUT2D eigenvalue weighted by Gasteiger charge is -2.46. The average molecular weight is 475 g/mol. The highest BCUT2D eigenvalue weighted by Crippen LogP contribution is 2.46. The summed E-state index contributed by atoms with van der Waals surface area (Å²) in [5, 5.41) is 2.97. The van der Waals surface area contributed by atoms with Gasteiger partial charge in [0.1, 0.15) is 17.0 Å². The summed E-state index contributed by atoms with van der Waals surface area (Å²) >= 11 is 1.33. The summed E-state index contributed by atoms with van der Waals surface area (Å²) in [6, 6.07) is 6.33. The van der Waals surface area contributed by atoms with Crippen molar-refractivity contribution in [2.75, 3.05) is 25.2 Å². The molecule has 11 heteroatoms. The summed E-state index contributed by atoms with van der Waals surface area (Å²) in [6.07, 6.45) is 0.308. The largest absolute Gasteiger partial charge is 0.444 e. The molecule has 0 saturated carbocycles. The van der Waals surface area contributed by atoms with Crippen molar-refractivity contribution in [2.24, 2.45) is 10.9 Å². The van der Waals surface area contributed by atoms with Crippen molar-refractivity contribution in [1.82, 2.24) is 5.32 Å². The van der Waals surface area contributed by atoms with Crippen molar-refractivity contribution in [1.29, 1.82) is 0 Å². The van der Waals surface area contributed by atoms with Crippen LogP contribution in [-0.2, 0) is 29.3 Å². The third kappa shape index (κ3) is 6.18. The Morgan fingerprint density at radius 1 is 1.39 bits per heavy atom. The van der Waals surface area contributed by atoms with Crippen LogP contribution < -0.4 is 5.32 Å². The molecule has 0 aliphatic carbocycles. The van der Waals surface area contributed by atoms with Crippen LogP contribution in [0.4, 0.5) is 9.18 Å². The van der Waals surface area contributed by atoms with Crippen molar-refractivity contribution < 1.29 is 31.3 Å². The molecular weight excluding hydrogens is 447 g/mol. The summed E-state index contributed by atoms with van der Waals surface area (Å²) < 4.78 is 53.5. The number of carbonyl (C=O) groups excluding carboxylic acids is 1. The fraction of sp³-hybridized carbons (Fsp3) is 0.600. The van der Waals surface area contributed by atoms with Crippen molar-refractivity contribution in [3.8, 4) is 0 Å². The number of benzene rings is 1. The van der Waals surface area contributed by atoms with Crippen LogP contribution in [0.2, 0.25) is 0 Å². The number of thioether (sulfide) groups is 1. The zero-order chi connectivity index (χ0) is 22.9. The third-order valence-electron chi connectivity index (χ3n) is 4.90. The van der Waals surface area contributed by atoms with Crippen LogP contribution in [0.1, 0.15) is 32.8 Å². The lowest BCUT2D eigenvalue weighted by Crippen LogP contribution is -2.52. The molecule has 0 spiro atoms. The highest BCUT2D eigenvalue weighted by atomic mass is 32.2. The van der Waals surface area contributed by atoms with Gasteiger partial charge >= 0.3 is 6.09 Å². The molecule has 8 nitrogen and oxygen atoms in total. The quantitative estimate of drug-likeness (QED) is 0.669. The van der Waals surface area contributed by atoms with Gasteiger partial charge in [-0.3, -0.25) is 9.50 Å². The second-order valence-electron chi connectivity index (χ2n) is 8.61. The van der Waals surface area contributed by atoms with E-state index >= 15 is 0 Å². The van der Waals surface area contributed by atoms with E-state index in [0.29, 0.717) is 22.9 Å². The molecule has 1 saturated heterocycles. The van der Waals surface area contributed by atoms with Gasteiger partial charge in [0.15, 0.2) is 5.17 Å². The number of nitrogens with one attached hydrogen (secondary N) is 1. The third-order valence-corrected chi connectivity index (χ3v) is 6.50. The van der Waals surface area contributed by atoms with E-state index < -0.39 is 39.3 Å². The van der Waals surface area contributed by atoms with Gasteiger partial charge in [-0.1, -0.05) is 30.0 Å². The van der Waals surface area contributed by atoms with Gasteiger partial charge in [-0.05, 0) is 33.3 Å². The summed E-state index contributed by atoms with van der Waals surface area (Å²) in [5.41, 5.74) is -1.36. The van der Waals surface area contributed by atoms with Crippen molar-refractivity contribution in [2.45, 2.75) is 44.4 Å². The lowest BCUT2D eigenvalue weighted by molar-refractivity contribution is -0.0722. The van der Waals surface area contributed by atoms with E-state index in [9.17, 15) is 17.6 Å². The van der Waals surface area contributed by atoms with Gasteiger partial charge < -0.3 is 9.47 Å². The minimum absolute atomic E-state index is 0.0243. The molecule has 3 rings (SSSR count). The number of rotatable bonds is 4. The van der Waals surface area contributed by atoms with E-state index in [-0.39, 0.29) is 19.1 Å². The molecule has 1 N–H and O–H groups in total. The van der Waals surface area contributed by atoms with Crippen molar-refractivity contribution in [3.63, 3.8) is 0 Å². The molecule has 0 bridgehead atoms. The number of fused-ring (bicyclic) bond motifs is 1. The van der Waals surface area contributed by atoms with Crippen LogP contribution in [0, 0.1) is 11.7 Å². The van der Waals surface area contributed by atoms with Crippen LogP contribution in [0.15, 0.2) is 29.3 Å². The molecule has 1 aromatic rings. The van der Waals surface area contributed by atoms with Gasteiger partial charge in [0, 0.05) is 17.2 Å². The zero-order valence-electron chi connectivity index (χ0n) is 17.9. The average Bonchev–Trinajstić information content (AvgIpc) is 2.64. The molecule has 1 fully saturated rings. The Kier molecular flexibility index (Phi) is 6.99. The Labute approximate surface area is 186 Å². The molecule has 3 unspecified atom stereocenters. The van der Waals surface area contributed by atoms with Crippen LogP contribution in [0.25, 0.3) is 0 Å². The first-order chi connectivity index (χ1) is 14.4. The molecule has 172 valence electrons. The van der Waals surface area contributed by atoms with Crippen LogP contribution in [-0.4, -0.2) is 56.6 Å². The first kappa shape index (κ1) is 24.0. The smallest absolute Gasteiger partial charge is 0.413 e. The Morgan fingerprint density at radius 2 is 2.10 bits per heavy atom. The summed E-state index contributed by atoms with van der Waals surface area (Å²) in [4.78, 5) is 16.9. The van der Waals surface area contributed by atoms with E-state index in [1.165, 1.54) is 17.8 Å². The highest BCUT2D eigenvalue weighted by molar-refractivity contribution is 8.13. The predicted octanol–water partition coefficient (Wildman–Crippen LogP) is 3.03. The number of ether oxygens (including phenoxy) is 2. The van der Waals surface area contributed by atoms with E-state index in [2.05, 4.69) is 5.32 Å². The topological polar surface area (TPSA) is 103 Å². The molecule has 0 radical (unpaired) electrons. The van der Waals surface area contributed by atoms with E-state index in [4.69, 9.17) is 18.6 Å². The lowest BCUT2D eigenvalue weighted by atomic mass is 9.75. The second-order valence-corrected chi connectivity index (χ2v) is 11.3. The molecule has 2 heterocycles. The van der Waals surface area contributed by atoms with Gasteiger partial charge in [0.25, 0.3) is 10.1 Å². The summed E-state index contributed by atoms with van der Waals surface area (Å²) in [7, 11) is -3.60. The summed E-state index contributed by atoms with van der Waals surface area (Å²) in [6.45, 7) is 5.18. The van der Waals surface area contributed by atoms with Crippen molar-refractivity contribution in [3.05, 3.63) is 35.6 Å². The maximum atomic E-state index is 14.8. The number of hydrogen-bond acceptors (Lipinski definition) is 8. The second kappa shape index (κ2) is 9.05. The van der Waals surface area contributed by atoms with Crippen LogP contribution >= 0.6 is 11.8 Å². The molecule has 1 aromatic carbocycles. The SMILES string of the molecule is CC(C)(C)OC(=O)NC1=NC2(c3ccccc3F)COC(COS(C)(=O)=O)CC2CS1. The molecule has 3 atom stereocenters. The molecule has 0 aromatic heterocycles. The zero-order valence-corrected chi connectivity index (χ0v) is 19.5. The number of carbonyl (C=O) groups is 1. The first-order valence-corrected chi connectivity index (χ1v) is 12.6. The van der Waals surface area contributed by atoms with Crippen molar-refractivity contribution >= 4 is 33.1 Å². The van der Waals surface area contributed by atoms with Gasteiger partial charge in [-0.15, -0.1) is 0 Å². The Hall–Kier alpha value is -1.69. The Balaban J connectivity index is 1.87. The highest BCUT2D eigenvalue weighted by Gasteiger charge is 2.50. The number of amides is 1. The fourth-order valence-corrected chi connectivity index (χ4v) is 5.16. The van der Waals surface area contributed by atoms with E-state index in [1.807, 2.05) is 0 Å². The number of amidine groups is 1. The molecule has 2 aliphatic heterocycles. The minimum Gasteiger partial charge on any atom is -0.444 e. The Morgan fingerprint density at radius 3 is 2.74 bits per heavy atom.